The van der Waals surface area contributed by atoms with E-state index in [2.05, 4.69) is 4.72 Å². The third-order valence-electron chi connectivity index (χ3n) is 4.93. The molecular formula is C21H16F4N2O5S2. The summed E-state index contributed by atoms with van der Waals surface area (Å²) in [6.45, 7) is -0.0497. The number of rotatable bonds is 5. The normalized spacial score (nSPS) is 14.3. The second-order valence-corrected chi connectivity index (χ2v) is 10.7. The average molecular weight is 516 g/mol. The highest BCUT2D eigenvalue weighted by Crippen LogP contribution is 2.38. The highest BCUT2D eigenvalue weighted by atomic mass is 32.2. The van der Waals surface area contributed by atoms with E-state index in [1.54, 1.807) is 0 Å². The molecule has 4 rings (SSSR count). The Morgan fingerprint density at radius 2 is 1.47 bits per heavy atom. The van der Waals surface area contributed by atoms with Gasteiger partial charge in [-0.2, -0.15) is 13.2 Å². The van der Waals surface area contributed by atoms with Gasteiger partial charge in [-0.15, -0.1) is 0 Å². The molecular weight excluding hydrogens is 500 g/mol. The van der Waals surface area contributed by atoms with Crippen LogP contribution in [-0.4, -0.2) is 30.0 Å². The number of ether oxygens (including phenoxy) is 1. The lowest BCUT2D eigenvalue weighted by atomic mass is 10.2. The second-order valence-electron chi connectivity index (χ2n) is 7.19. The van der Waals surface area contributed by atoms with Crippen LogP contribution in [0.15, 0.2) is 76.5 Å². The van der Waals surface area contributed by atoms with E-state index in [0.717, 1.165) is 40.7 Å². The third kappa shape index (κ3) is 4.66. The monoisotopic (exact) mass is 516 g/mol. The molecule has 0 aromatic heterocycles. The van der Waals surface area contributed by atoms with Crippen molar-refractivity contribution >= 4 is 31.4 Å². The molecule has 0 bridgehead atoms. The molecule has 1 aliphatic heterocycles. The van der Waals surface area contributed by atoms with Crippen molar-refractivity contribution in [2.75, 3.05) is 22.2 Å². The van der Waals surface area contributed by atoms with Crippen LogP contribution < -0.4 is 13.8 Å². The molecule has 3 aromatic rings. The van der Waals surface area contributed by atoms with Gasteiger partial charge >= 0.3 is 6.18 Å². The summed E-state index contributed by atoms with van der Waals surface area (Å²) in [6.07, 6.45) is -4.62. The molecule has 0 radical (unpaired) electrons. The topological polar surface area (TPSA) is 92.8 Å². The maximum atomic E-state index is 13.2. The van der Waals surface area contributed by atoms with Gasteiger partial charge in [0.2, 0.25) is 0 Å². The molecule has 0 fully saturated rings. The summed E-state index contributed by atoms with van der Waals surface area (Å²) < 4.78 is 112. The zero-order valence-corrected chi connectivity index (χ0v) is 18.7. The zero-order chi connectivity index (χ0) is 24.7. The molecule has 7 nitrogen and oxygen atoms in total. The number of hydrogen-bond donors (Lipinski definition) is 1. The van der Waals surface area contributed by atoms with Gasteiger partial charge in [-0.3, -0.25) is 9.03 Å². The predicted octanol–water partition coefficient (Wildman–Crippen LogP) is 4.23. The van der Waals surface area contributed by atoms with Gasteiger partial charge in [0.1, 0.15) is 18.2 Å². The van der Waals surface area contributed by atoms with Crippen molar-refractivity contribution in [2.24, 2.45) is 0 Å². The molecule has 0 spiro atoms. The standard InChI is InChI=1S/C21H16F4N2O5S2/c22-15-3-8-18(9-4-15)34(30,31)27-11-12-32-20-10-5-16(13-19(20)27)26-33(28,29)17-6-1-14(2-7-17)21(23,24)25/h1-10,13,26H,11-12H2. The van der Waals surface area contributed by atoms with Gasteiger partial charge in [0, 0.05) is 0 Å². The quantitative estimate of drug-likeness (QED) is 0.513. The third-order valence-corrected chi connectivity index (χ3v) is 8.15. The van der Waals surface area contributed by atoms with Crippen LogP contribution in [0, 0.1) is 5.82 Å². The predicted molar refractivity (Wildman–Crippen MR) is 115 cm³/mol. The lowest BCUT2D eigenvalue weighted by molar-refractivity contribution is -0.137. The van der Waals surface area contributed by atoms with E-state index in [-0.39, 0.29) is 35.2 Å². The fourth-order valence-electron chi connectivity index (χ4n) is 3.28. The second kappa shape index (κ2) is 8.47. The number of alkyl halides is 3. The molecule has 0 saturated heterocycles. The number of benzene rings is 3. The van der Waals surface area contributed by atoms with Crippen LogP contribution in [0.25, 0.3) is 0 Å². The summed E-state index contributed by atoms with van der Waals surface area (Å²) in [5, 5.41) is 0. The van der Waals surface area contributed by atoms with Crippen LogP contribution >= 0.6 is 0 Å². The Balaban J connectivity index is 1.66. The first-order valence-corrected chi connectivity index (χ1v) is 12.6. The average Bonchev–Trinajstić information content (AvgIpc) is 2.78. The van der Waals surface area contributed by atoms with Gasteiger partial charge < -0.3 is 4.74 Å². The van der Waals surface area contributed by atoms with Crippen LogP contribution in [0.5, 0.6) is 5.75 Å². The first kappa shape index (κ1) is 23.8. The molecule has 0 unspecified atom stereocenters. The first-order chi connectivity index (χ1) is 15.9. The number of nitrogens with one attached hydrogen (secondary N) is 1. The zero-order valence-electron chi connectivity index (χ0n) is 17.1. The SMILES string of the molecule is O=S(=O)(Nc1ccc2c(c1)N(S(=O)(=O)c1ccc(F)cc1)CCO2)c1ccc(C(F)(F)F)cc1. The molecule has 34 heavy (non-hydrogen) atoms. The summed E-state index contributed by atoms with van der Waals surface area (Å²) >= 11 is 0. The molecule has 0 aliphatic carbocycles. The van der Waals surface area contributed by atoms with Crippen LogP contribution in [0.4, 0.5) is 28.9 Å². The lowest BCUT2D eigenvalue weighted by Crippen LogP contribution is -2.38. The summed E-state index contributed by atoms with van der Waals surface area (Å²) in [5.74, 6) is -0.435. The Hall–Kier alpha value is -3.32. The Labute approximate surface area is 192 Å². The first-order valence-electron chi connectivity index (χ1n) is 9.63. The fraction of sp³-hybridized carbons (Fsp3) is 0.143. The number of halogens is 4. The van der Waals surface area contributed by atoms with Gasteiger partial charge in [0.25, 0.3) is 20.0 Å². The molecule has 13 heteroatoms. The van der Waals surface area contributed by atoms with Crippen molar-refractivity contribution < 1.29 is 39.1 Å². The number of hydrogen-bond acceptors (Lipinski definition) is 5. The van der Waals surface area contributed by atoms with Crippen molar-refractivity contribution in [1.29, 1.82) is 0 Å². The Morgan fingerprint density at radius 3 is 2.09 bits per heavy atom. The van der Waals surface area contributed by atoms with Gasteiger partial charge in [0.15, 0.2) is 0 Å². The maximum Gasteiger partial charge on any atom is 0.416 e. The molecule has 0 atom stereocenters. The summed E-state index contributed by atoms with van der Waals surface area (Å²) in [7, 11) is -8.40. The van der Waals surface area contributed by atoms with E-state index in [1.807, 2.05) is 0 Å². The largest absolute Gasteiger partial charge is 0.489 e. The van der Waals surface area contributed by atoms with Gasteiger partial charge in [-0.05, 0) is 66.7 Å². The summed E-state index contributed by atoms with van der Waals surface area (Å²) in [5.41, 5.74) is -0.995. The molecule has 1 heterocycles. The molecule has 0 saturated carbocycles. The highest BCUT2D eigenvalue weighted by molar-refractivity contribution is 7.93. The van der Waals surface area contributed by atoms with Crippen LogP contribution in [-0.2, 0) is 26.2 Å². The minimum absolute atomic E-state index is 0.0318. The van der Waals surface area contributed by atoms with E-state index in [1.165, 1.54) is 18.2 Å². The van der Waals surface area contributed by atoms with Gasteiger partial charge in [-0.25, -0.2) is 21.2 Å². The molecule has 1 aliphatic rings. The molecule has 0 amide bonds. The number of nitrogens with zero attached hydrogens (tertiary/aromatic N) is 1. The van der Waals surface area contributed by atoms with E-state index in [4.69, 9.17) is 4.74 Å². The van der Waals surface area contributed by atoms with Crippen molar-refractivity contribution in [2.45, 2.75) is 16.0 Å². The smallest absolute Gasteiger partial charge is 0.416 e. The number of anilines is 2. The highest BCUT2D eigenvalue weighted by Gasteiger charge is 2.32. The summed E-state index contributed by atoms with van der Waals surface area (Å²) in [6, 6.07) is 11.1. The van der Waals surface area contributed by atoms with Crippen LogP contribution in [0.1, 0.15) is 5.56 Å². The minimum atomic E-state index is -4.62. The summed E-state index contributed by atoms with van der Waals surface area (Å²) in [4.78, 5) is -0.581. The maximum absolute atomic E-state index is 13.2. The van der Waals surface area contributed by atoms with E-state index in [0.29, 0.717) is 12.1 Å². The van der Waals surface area contributed by atoms with Crippen molar-refractivity contribution in [3.05, 3.63) is 78.1 Å². The fourth-order valence-corrected chi connectivity index (χ4v) is 5.78. The Morgan fingerprint density at radius 1 is 0.853 bits per heavy atom. The lowest BCUT2D eigenvalue weighted by Gasteiger charge is -2.31. The number of sulfonamides is 2. The van der Waals surface area contributed by atoms with Gasteiger partial charge in [-0.1, -0.05) is 0 Å². The molecule has 1 N–H and O–H groups in total. The van der Waals surface area contributed by atoms with Crippen molar-refractivity contribution in [3.63, 3.8) is 0 Å². The van der Waals surface area contributed by atoms with E-state index in [9.17, 15) is 34.4 Å². The Bertz CT molecular complexity index is 1420. The van der Waals surface area contributed by atoms with E-state index >= 15 is 0 Å². The van der Waals surface area contributed by atoms with E-state index < -0.39 is 42.5 Å². The molecule has 180 valence electrons. The van der Waals surface area contributed by atoms with Crippen molar-refractivity contribution in [1.82, 2.24) is 0 Å². The van der Waals surface area contributed by atoms with Crippen LogP contribution in [0.3, 0.4) is 0 Å². The van der Waals surface area contributed by atoms with Gasteiger partial charge in [0.05, 0.1) is 33.3 Å². The van der Waals surface area contributed by atoms with Crippen LogP contribution in [0.2, 0.25) is 0 Å². The molecule has 3 aromatic carbocycles. The van der Waals surface area contributed by atoms with Crippen molar-refractivity contribution in [3.8, 4) is 5.75 Å². The number of fused-ring (bicyclic) bond motifs is 1. The Kier molecular flexibility index (Phi) is 5.94. The minimum Gasteiger partial charge on any atom is -0.489 e.